The van der Waals surface area contributed by atoms with Gasteiger partial charge in [0.1, 0.15) is 6.23 Å². The highest BCUT2D eigenvalue weighted by Crippen LogP contribution is 2.33. The molecular formula is C16H16IN3O3. The number of amides is 2. The molecule has 23 heavy (non-hydrogen) atoms. The van der Waals surface area contributed by atoms with E-state index in [9.17, 15) is 9.59 Å². The van der Waals surface area contributed by atoms with Crippen LogP contribution in [0.3, 0.4) is 0 Å². The molecule has 2 aromatic rings. The monoisotopic (exact) mass is 425 g/mol. The average molecular weight is 425 g/mol. The number of benzene rings is 1. The first-order valence-electron chi connectivity index (χ1n) is 7.31. The van der Waals surface area contributed by atoms with Gasteiger partial charge in [-0.05, 0) is 55.5 Å². The van der Waals surface area contributed by atoms with E-state index in [-0.39, 0.29) is 18.0 Å². The number of rotatable bonds is 4. The molecule has 1 aromatic carbocycles. The zero-order valence-electron chi connectivity index (χ0n) is 13.0. The minimum atomic E-state index is -0.336. The predicted octanol–water partition coefficient (Wildman–Crippen LogP) is 3.15. The summed E-state index contributed by atoms with van der Waals surface area (Å²) >= 11 is 2.11. The van der Waals surface area contributed by atoms with Gasteiger partial charge in [0, 0.05) is 6.61 Å². The average Bonchev–Trinajstić information content (AvgIpc) is 2.96. The van der Waals surface area contributed by atoms with Gasteiger partial charge in [-0.2, -0.15) is 5.10 Å². The standard InChI is InChI=1S/C16H16IN3O3/c1-4-23-10(3)20-9(2)13(17)14(18-20)19-15(21)11-7-5-6-8-12(11)16(19)22/h5-8,10H,4H2,1-3H3. The van der Waals surface area contributed by atoms with Crippen LogP contribution in [0.5, 0.6) is 0 Å². The number of imide groups is 1. The molecule has 1 unspecified atom stereocenters. The maximum atomic E-state index is 12.6. The number of halogens is 1. The number of fused-ring (bicyclic) bond motifs is 1. The van der Waals surface area contributed by atoms with Crippen LogP contribution in [-0.2, 0) is 4.74 Å². The summed E-state index contributed by atoms with van der Waals surface area (Å²) in [4.78, 5) is 26.3. The quantitative estimate of drug-likeness (QED) is 0.558. The molecule has 6 nitrogen and oxygen atoms in total. The molecular weight excluding hydrogens is 409 g/mol. The van der Waals surface area contributed by atoms with Crippen LogP contribution in [0, 0.1) is 10.5 Å². The third kappa shape index (κ3) is 2.47. The van der Waals surface area contributed by atoms with Crippen LogP contribution < -0.4 is 4.90 Å². The fourth-order valence-electron chi connectivity index (χ4n) is 2.67. The van der Waals surface area contributed by atoms with Gasteiger partial charge < -0.3 is 4.74 Å². The molecule has 120 valence electrons. The summed E-state index contributed by atoms with van der Waals surface area (Å²) in [6.07, 6.45) is -0.266. The number of carbonyl (C=O) groups excluding carboxylic acids is 2. The van der Waals surface area contributed by atoms with Crippen LogP contribution in [0.2, 0.25) is 0 Å². The van der Waals surface area contributed by atoms with Gasteiger partial charge in [-0.25, -0.2) is 9.58 Å². The van der Waals surface area contributed by atoms with Crippen molar-refractivity contribution in [2.24, 2.45) is 0 Å². The first-order chi connectivity index (χ1) is 11.0. The number of carbonyl (C=O) groups is 2. The highest BCUT2D eigenvalue weighted by Gasteiger charge is 2.39. The van der Waals surface area contributed by atoms with E-state index >= 15 is 0 Å². The second-order valence-corrected chi connectivity index (χ2v) is 6.29. The molecule has 1 aromatic heterocycles. The van der Waals surface area contributed by atoms with E-state index in [2.05, 4.69) is 27.7 Å². The van der Waals surface area contributed by atoms with E-state index in [1.54, 1.807) is 28.9 Å². The summed E-state index contributed by atoms with van der Waals surface area (Å²) in [6.45, 7) is 6.24. The minimum Gasteiger partial charge on any atom is -0.357 e. The Kier molecular flexibility index (Phi) is 4.24. The smallest absolute Gasteiger partial charge is 0.267 e. The molecule has 1 aliphatic heterocycles. The Bertz CT molecular complexity index is 765. The van der Waals surface area contributed by atoms with Crippen LogP contribution in [0.1, 0.15) is 46.5 Å². The van der Waals surface area contributed by atoms with E-state index in [4.69, 9.17) is 4.74 Å². The van der Waals surface area contributed by atoms with Crippen molar-refractivity contribution in [1.29, 1.82) is 0 Å². The Morgan fingerprint density at radius 3 is 2.30 bits per heavy atom. The van der Waals surface area contributed by atoms with E-state index in [0.29, 0.717) is 23.6 Å². The zero-order valence-corrected chi connectivity index (χ0v) is 15.2. The summed E-state index contributed by atoms with van der Waals surface area (Å²) in [6, 6.07) is 6.82. The van der Waals surface area contributed by atoms with Gasteiger partial charge in [0.25, 0.3) is 11.8 Å². The first kappa shape index (κ1) is 16.1. The Balaban J connectivity index is 2.06. The fraction of sp³-hybridized carbons (Fsp3) is 0.312. The first-order valence-corrected chi connectivity index (χ1v) is 8.39. The van der Waals surface area contributed by atoms with Gasteiger partial charge in [0.05, 0.1) is 20.4 Å². The van der Waals surface area contributed by atoms with Crippen molar-refractivity contribution in [3.05, 3.63) is 44.7 Å². The summed E-state index contributed by atoms with van der Waals surface area (Å²) in [7, 11) is 0. The maximum absolute atomic E-state index is 12.6. The lowest BCUT2D eigenvalue weighted by molar-refractivity contribution is 0.0146. The third-order valence-electron chi connectivity index (χ3n) is 3.82. The second-order valence-electron chi connectivity index (χ2n) is 5.21. The second kappa shape index (κ2) is 6.04. The third-order valence-corrected chi connectivity index (χ3v) is 5.08. The van der Waals surface area contributed by atoms with Crippen molar-refractivity contribution in [2.75, 3.05) is 11.5 Å². The number of anilines is 1. The molecule has 2 amide bonds. The van der Waals surface area contributed by atoms with E-state index in [1.807, 2.05) is 20.8 Å². The van der Waals surface area contributed by atoms with Crippen LogP contribution in [0.25, 0.3) is 0 Å². The van der Waals surface area contributed by atoms with Gasteiger partial charge in [-0.3, -0.25) is 9.59 Å². The van der Waals surface area contributed by atoms with Gasteiger partial charge in [0.2, 0.25) is 0 Å². The largest absolute Gasteiger partial charge is 0.357 e. The molecule has 1 aliphatic rings. The van der Waals surface area contributed by atoms with Crippen molar-refractivity contribution in [3.8, 4) is 0 Å². The molecule has 0 N–H and O–H groups in total. The topological polar surface area (TPSA) is 64.4 Å². The Labute approximate surface area is 147 Å². The van der Waals surface area contributed by atoms with Crippen molar-refractivity contribution in [2.45, 2.75) is 27.0 Å². The summed E-state index contributed by atoms with van der Waals surface area (Å²) < 4.78 is 8.03. The Morgan fingerprint density at radius 2 is 1.78 bits per heavy atom. The highest BCUT2D eigenvalue weighted by atomic mass is 127. The SMILES string of the molecule is CCOC(C)n1nc(N2C(=O)c3ccccc3C2=O)c(I)c1C. The van der Waals surface area contributed by atoms with Crippen LogP contribution in [0.4, 0.5) is 5.82 Å². The lowest BCUT2D eigenvalue weighted by Crippen LogP contribution is -2.30. The Morgan fingerprint density at radius 1 is 1.22 bits per heavy atom. The predicted molar refractivity (Wildman–Crippen MR) is 93.6 cm³/mol. The van der Waals surface area contributed by atoms with Crippen molar-refractivity contribution < 1.29 is 14.3 Å². The molecule has 3 rings (SSSR count). The molecule has 0 aliphatic carbocycles. The van der Waals surface area contributed by atoms with Crippen molar-refractivity contribution >= 4 is 40.2 Å². The molecule has 0 saturated heterocycles. The molecule has 0 radical (unpaired) electrons. The van der Waals surface area contributed by atoms with Gasteiger partial charge >= 0.3 is 0 Å². The van der Waals surface area contributed by atoms with Gasteiger partial charge in [0.15, 0.2) is 5.82 Å². The number of aromatic nitrogens is 2. The van der Waals surface area contributed by atoms with Crippen molar-refractivity contribution in [3.63, 3.8) is 0 Å². The number of hydrogen-bond acceptors (Lipinski definition) is 4. The van der Waals surface area contributed by atoms with Gasteiger partial charge in [-0.15, -0.1) is 0 Å². The molecule has 1 atom stereocenters. The number of hydrogen-bond donors (Lipinski definition) is 0. The number of ether oxygens (including phenoxy) is 1. The van der Waals surface area contributed by atoms with Crippen LogP contribution in [-0.4, -0.2) is 28.2 Å². The lowest BCUT2D eigenvalue weighted by atomic mass is 10.1. The van der Waals surface area contributed by atoms with E-state index in [1.165, 1.54) is 0 Å². The van der Waals surface area contributed by atoms with E-state index < -0.39 is 0 Å². The van der Waals surface area contributed by atoms with Crippen LogP contribution in [0.15, 0.2) is 24.3 Å². The molecule has 0 saturated carbocycles. The van der Waals surface area contributed by atoms with E-state index in [0.717, 1.165) is 14.2 Å². The fourth-order valence-corrected chi connectivity index (χ4v) is 3.27. The normalized spacial score (nSPS) is 15.2. The molecule has 0 fully saturated rings. The lowest BCUT2D eigenvalue weighted by Gasteiger charge is -2.14. The number of nitrogens with zero attached hydrogens (tertiary/aromatic N) is 3. The summed E-state index contributed by atoms with van der Waals surface area (Å²) in [5.74, 6) is -0.310. The van der Waals surface area contributed by atoms with Crippen LogP contribution >= 0.6 is 22.6 Å². The van der Waals surface area contributed by atoms with Crippen molar-refractivity contribution in [1.82, 2.24) is 9.78 Å². The minimum absolute atomic E-state index is 0.266. The zero-order chi connectivity index (χ0) is 16.7. The molecule has 7 heteroatoms. The Hall–Kier alpha value is -1.74. The highest BCUT2D eigenvalue weighted by molar-refractivity contribution is 14.1. The summed E-state index contributed by atoms with van der Waals surface area (Å²) in [5, 5.41) is 4.46. The summed E-state index contributed by atoms with van der Waals surface area (Å²) in [5.41, 5.74) is 1.69. The molecule has 0 spiro atoms. The van der Waals surface area contributed by atoms with Gasteiger partial charge in [-0.1, -0.05) is 12.1 Å². The maximum Gasteiger partial charge on any atom is 0.267 e. The molecule has 0 bridgehead atoms. The molecule has 2 heterocycles.